The van der Waals surface area contributed by atoms with Crippen LogP contribution in [0.2, 0.25) is 0 Å². The average molecular weight is 673 g/mol. The molecule has 1 heterocycles. The van der Waals surface area contributed by atoms with Crippen molar-refractivity contribution in [2.24, 2.45) is 0 Å². The van der Waals surface area contributed by atoms with Gasteiger partial charge < -0.3 is 4.42 Å². The molecule has 0 fully saturated rings. The lowest BCUT2D eigenvalue weighted by Gasteiger charge is -2.20. The fourth-order valence-corrected chi connectivity index (χ4v) is 8.67. The summed E-state index contributed by atoms with van der Waals surface area (Å²) in [4.78, 5) is 0. The summed E-state index contributed by atoms with van der Waals surface area (Å²) in [7, 11) is 0. The smallest absolute Gasteiger partial charge is 0.136 e. The van der Waals surface area contributed by atoms with Crippen molar-refractivity contribution >= 4 is 65.0 Å². The number of fused-ring (bicyclic) bond motifs is 8. The van der Waals surface area contributed by atoms with E-state index in [9.17, 15) is 0 Å². The zero-order valence-electron chi connectivity index (χ0n) is 28.9. The second-order valence-electron chi connectivity index (χ2n) is 14.0. The lowest BCUT2D eigenvalue weighted by molar-refractivity contribution is 0.669. The van der Waals surface area contributed by atoms with Crippen LogP contribution in [0, 0.1) is 0 Å². The van der Waals surface area contributed by atoms with Crippen LogP contribution in [0.3, 0.4) is 0 Å². The molecule has 0 spiro atoms. The SMILES string of the molecule is c1ccc(-c2ccc3oc4cc(-c5ccccc5-c5c6ccccc6c(-c6cccc7c6ccc6ccccc67)c6ccccc56)ccc4c3c2)cc1. The summed E-state index contributed by atoms with van der Waals surface area (Å²) in [6.07, 6.45) is 0. The maximum Gasteiger partial charge on any atom is 0.136 e. The van der Waals surface area contributed by atoms with Crippen molar-refractivity contribution in [1.29, 1.82) is 0 Å². The molecular weight excluding hydrogens is 641 g/mol. The Morgan fingerprint density at radius 2 is 0.811 bits per heavy atom. The molecule has 53 heavy (non-hydrogen) atoms. The molecular formula is C52H32O. The van der Waals surface area contributed by atoms with Crippen LogP contribution in [0.25, 0.3) is 110 Å². The van der Waals surface area contributed by atoms with Gasteiger partial charge >= 0.3 is 0 Å². The van der Waals surface area contributed by atoms with E-state index < -0.39 is 0 Å². The van der Waals surface area contributed by atoms with Gasteiger partial charge in [-0.05, 0) is 112 Å². The fourth-order valence-electron chi connectivity index (χ4n) is 8.67. The Balaban J connectivity index is 1.13. The van der Waals surface area contributed by atoms with Crippen LogP contribution in [0.5, 0.6) is 0 Å². The number of hydrogen-bond donors (Lipinski definition) is 0. The van der Waals surface area contributed by atoms with Crippen LogP contribution < -0.4 is 0 Å². The van der Waals surface area contributed by atoms with Gasteiger partial charge in [-0.1, -0.05) is 170 Å². The molecule has 11 aromatic rings. The molecule has 0 aliphatic carbocycles. The van der Waals surface area contributed by atoms with Crippen LogP contribution in [0.1, 0.15) is 0 Å². The van der Waals surface area contributed by atoms with Crippen LogP contribution in [-0.2, 0) is 0 Å². The van der Waals surface area contributed by atoms with Crippen molar-refractivity contribution in [2.75, 3.05) is 0 Å². The van der Waals surface area contributed by atoms with Gasteiger partial charge in [0.05, 0.1) is 0 Å². The molecule has 1 aromatic heterocycles. The number of benzene rings is 10. The van der Waals surface area contributed by atoms with Gasteiger partial charge in [-0.2, -0.15) is 0 Å². The molecule has 246 valence electrons. The third-order valence-electron chi connectivity index (χ3n) is 11.1. The molecule has 0 aliphatic rings. The molecule has 0 bridgehead atoms. The molecule has 1 heteroatoms. The zero-order chi connectivity index (χ0) is 34.9. The first-order valence-electron chi connectivity index (χ1n) is 18.3. The van der Waals surface area contributed by atoms with Gasteiger partial charge in [-0.3, -0.25) is 0 Å². The molecule has 0 N–H and O–H groups in total. The van der Waals surface area contributed by atoms with E-state index in [0.29, 0.717) is 0 Å². The molecule has 0 aliphatic heterocycles. The molecule has 0 radical (unpaired) electrons. The number of rotatable bonds is 4. The van der Waals surface area contributed by atoms with E-state index >= 15 is 0 Å². The summed E-state index contributed by atoms with van der Waals surface area (Å²) < 4.78 is 6.52. The standard InChI is InChI=1S/C52H32O/c1-2-13-33(14-3-1)35-27-30-49-48(31-35)41-29-26-36(32-50(41)53-49)38-17-6-7-18-42(38)51-44-19-8-10-21-46(44)52(47-22-11-9-20-45(47)51)43-24-12-23-39-37-16-5-4-15-34(37)25-28-40(39)43/h1-32H. The van der Waals surface area contributed by atoms with Crippen molar-refractivity contribution in [3.8, 4) is 44.5 Å². The highest BCUT2D eigenvalue weighted by Gasteiger charge is 2.20. The third-order valence-corrected chi connectivity index (χ3v) is 11.1. The van der Waals surface area contributed by atoms with E-state index in [1.807, 2.05) is 0 Å². The van der Waals surface area contributed by atoms with E-state index in [2.05, 4.69) is 194 Å². The normalized spacial score (nSPS) is 11.8. The minimum atomic E-state index is 0.894. The van der Waals surface area contributed by atoms with E-state index in [1.165, 1.54) is 82.0 Å². The Morgan fingerprint density at radius 3 is 1.57 bits per heavy atom. The topological polar surface area (TPSA) is 13.1 Å². The second-order valence-corrected chi connectivity index (χ2v) is 14.0. The molecule has 0 saturated heterocycles. The highest BCUT2D eigenvalue weighted by molar-refractivity contribution is 6.25. The van der Waals surface area contributed by atoms with Crippen molar-refractivity contribution < 1.29 is 4.42 Å². The Bertz CT molecular complexity index is 3160. The van der Waals surface area contributed by atoms with Gasteiger partial charge in [0, 0.05) is 10.8 Å². The van der Waals surface area contributed by atoms with Crippen LogP contribution >= 0.6 is 0 Å². The zero-order valence-corrected chi connectivity index (χ0v) is 28.9. The maximum absolute atomic E-state index is 6.52. The van der Waals surface area contributed by atoms with E-state index in [-0.39, 0.29) is 0 Å². The minimum Gasteiger partial charge on any atom is -0.456 e. The maximum atomic E-state index is 6.52. The van der Waals surface area contributed by atoms with E-state index in [4.69, 9.17) is 4.42 Å². The summed E-state index contributed by atoms with van der Waals surface area (Å²) in [5.74, 6) is 0. The predicted octanol–water partition coefficient (Wildman–Crippen LogP) is 14.9. The predicted molar refractivity (Wildman–Crippen MR) is 225 cm³/mol. The van der Waals surface area contributed by atoms with Crippen LogP contribution in [-0.4, -0.2) is 0 Å². The lowest BCUT2D eigenvalue weighted by Crippen LogP contribution is -1.93. The molecule has 0 saturated carbocycles. The van der Waals surface area contributed by atoms with E-state index in [0.717, 1.165) is 27.5 Å². The van der Waals surface area contributed by atoms with E-state index in [1.54, 1.807) is 0 Å². The van der Waals surface area contributed by atoms with Crippen LogP contribution in [0.4, 0.5) is 0 Å². The average Bonchev–Trinajstić information content (AvgIpc) is 3.60. The second kappa shape index (κ2) is 11.8. The van der Waals surface area contributed by atoms with Gasteiger partial charge in [-0.15, -0.1) is 0 Å². The molecule has 10 aromatic carbocycles. The van der Waals surface area contributed by atoms with Gasteiger partial charge in [0.15, 0.2) is 0 Å². The van der Waals surface area contributed by atoms with Gasteiger partial charge in [0.1, 0.15) is 11.2 Å². The first-order chi connectivity index (χ1) is 26.3. The lowest BCUT2D eigenvalue weighted by atomic mass is 9.82. The fraction of sp³-hybridized carbons (Fsp3) is 0. The molecule has 11 rings (SSSR count). The molecule has 0 atom stereocenters. The Labute approximate surface area is 307 Å². The number of furan rings is 1. The first-order valence-corrected chi connectivity index (χ1v) is 18.3. The Hall–Kier alpha value is -6.96. The summed E-state index contributed by atoms with van der Waals surface area (Å²) >= 11 is 0. The van der Waals surface area contributed by atoms with Crippen LogP contribution in [0.15, 0.2) is 199 Å². The molecule has 0 unspecified atom stereocenters. The van der Waals surface area contributed by atoms with Crippen molar-refractivity contribution in [2.45, 2.75) is 0 Å². The largest absolute Gasteiger partial charge is 0.456 e. The molecule has 0 amide bonds. The van der Waals surface area contributed by atoms with Gasteiger partial charge in [-0.25, -0.2) is 0 Å². The third kappa shape index (κ3) is 4.64. The van der Waals surface area contributed by atoms with Crippen molar-refractivity contribution in [3.63, 3.8) is 0 Å². The van der Waals surface area contributed by atoms with Crippen molar-refractivity contribution in [1.82, 2.24) is 0 Å². The number of hydrogen-bond acceptors (Lipinski definition) is 1. The minimum absolute atomic E-state index is 0.894. The Kier molecular flexibility index (Phi) is 6.62. The Morgan fingerprint density at radius 1 is 0.245 bits per heavy atom. The quantitative estimate of drug-likeness (QED) is 0.134. The summed E-state index contributed by atoms with van der Waals surface area (Å²) in [6, 6.07) is 70.5. The van der Waals surface area contributed by atoms with Crippen molar-refractivity contribution in [3.05, 3.63) is 194 Å². The first kappa shape index (κ1) is 29.7. The van der Waals surface area contributed by atoms with Gasteiger partial charge in [0.25, 0.3) is 0 Å². The van der Waals surface area contributed by atoms with Gasteiger partial charge in [0.2, 0.25) is 0 Å². The summed E-state index contributed by atoms with van der Waals surface area (Å²) in [6.45, 7) is 0. The summed E-state index contributed by atoms with van der Waals surface area (Å²) in [5.41, 5.74) is 11.5. The highest BCUT2D eigenvalue weighted by atomic mass is 16.3. The molecule has 1 nitrogen and oxygen atoms in total. The monoisotopic (exact) mass is 672 g/mol. The highest BCUT2D eigenvalue weighted by Crippen LogP contribution is 2.48. The summed E-state index contributed by atoms with van der Waals surface area (Å²) in [5, 5.41) is 12.3.